The lowest BCUT2D eigenvalue weighted by atomic mass is 10.1. The van der Waals surface area contributed by atoms with Crippen molar-refractivity contribution in [3.8, 4) is 11.4 Å². The Balaban J connectivity index is 1.70. The number of aromatic nitrogens is 4. The maximum Gasteiger partial charge on any atom is 0.246 e. The number of nitrogens with zero attached hydrogens (tertiary/aromatic N) is 5. The molecule has 0 aliphatic heterocycles. The molecule has 0 spiro atoms. The van der Waals surface area contributed by atoms with Gasteiger partial charge < -0.3 is 4.90 Å². The second kappa shape index (κ2) is 7.86. The molecular formula is C19H20FN5O. The molecule has 0 aliphatic carbocycles. The summed E-state index contributed by atoms with van der Waals surface area (Å²) in [4.78, 5) is 15.5. The lowest BCUT2D eigenvalue weighted by molar-refractivity contribution is -0.132. The molecule has 0 N–H and O–H groups in total. The predicted molar refractivity (Wildman–Crippen MR) is 95.5 cm³/mol. The Labute approximate surface area is 151 Å². The lowest BCUT2D eigenvalue weighted by Crippen LogP contribution is -2.33. The van der Waals surface area contributed by atoms with E-state index in [2.05, 4.69) is 15.4 Å². The molecule has 2 aromatic carbocycles. The van der Waals surface area contributed by atoms with Crippen molar-refractivity contribution in [2.45, 2.75) is 26.9 Å². The van der Waals surface area contributed by atoms with Crippen LogP contribution in [0, 0.1) is 12.7 Å². The molecular weight excluding hydrogens is 333 g/mol. The number of hydrogen-bond donors (Lipinski definition) is 0. The fourth-order valence-electron chi connectivity index (χ4n) is 2.69. The first kappa shape index (κ1) is 17.7. The highest BCUT2D eigenvalue weighted by Gasteiger charge is 2.16. The Morgan fingerprint density at radius 3 is 2.73 bits per heavy atom. The molecule has 1 aromatic heterocycles. The zero-order chi connectivity index (χ0) is 18.5. The number of carbonyl (C=O) groups is 1. The summed E-state index contributed by atoms with van der Waals surface area (Å²) in [5.41, 5.74) is 2.67. The Hall–Kier alpha value is -3.09. The van der Waals surface area contributed by atoms with Crippen LogP contribution in [0.3, 0.4) is 0 Å². The molecule has 0 radical (unpaired) electrons. The largest absolute Gasteiger partial charge is 0.337 e. The van der Waals surface area contributed by atoms with E-state index in [0.717, 1.165) is 16.7 Å². The number of halogens is 1. The minimum Gasteiger partial charge on any atom is -0.337 e. The number of rotatable bonds is 6. The van der Waals surface area contributed by atoms with E-state index in [9.17, 15) is 9.18 Å². The summed E-state index contributed by atoms with van der Waals surface area (Å²) in [5.74, 6) is 0.0291. The molecule has 134 valence electrons. The maximum absolute atomic E-state index is 13.3. The second-order valence-corrected chi connectivity index (χ2v) is 6.00. The minimum atomic E-state index is -0.313. The smallest absolute Gasteiger partial charge is 0.246 e. The van der Waals surface area contributed by atoms with Gasteiger partial charge in [0, 0.05) is 18.7 Å². The van der Waals surface area contributed by atoms with Crippen LogP contribution in [0.2, 0.25) is 0 Å². The summed E-state index contributed by atoms with van der Waals surface area (Å²) in [6.07, 6.45) is 0. The molecule has 0 bridgehead atoms. The van der Waals surface area contributed by atoms with Gasteiger partial charge in [-0.05, 0) is 42.3 Å². The van der Waals surface area contributed by atoms with Crippen molar-refractivity contribution in [2.75, 3.05) is 6.54 Å². The number of benzene rings is 2. The summed E-state index contributed by atoms with van der Waals surface area (Å²) >= 11 is 0. The fourth-order valence-corrected chi connectivity index (χ4v) is 2.69. The molecule has 0 fully saturated rings. The van der Waals surface area contributed by atoms with Crippen molar-refractivity contribution < 1.29 is 9.18 Å². The zero-order valence-corrected chi connectivity index (χ0v) is 14.8. The SMILES string of the molecule is CCN(Cc1cccc(F)c1)C(=O)Cn1nnc(-c2ccccc2C)n1. The molecule has 6 nitrogen and oxygen atoms in total. The van der Waals surface area contributed by atoms with Gasteiger partial charge in [-0.3, -0.25) is 4.79 Å². The number of likely N-dealkylation sites (N-methyl/N-ethyl adjacent to an activating group) is 1. The van der Waals surface area contributed by atoms with Crippen molar-refractivity contribution >= 4 is 5.91 Å². The Morgan fingerprint density at radius 1 is 1.19 bits per heavy atom. The van der Waals surface area contributed by atoms with Gasteiger partial charge in [-0.25, -0.2) is 4.39 Å². The molecule has 26 heavy (non-hydrogen) atoms. The first-order valence-corrected chi connectivity index (χ1v) is 8.43. The molecule has 0 unspecified atom stereocenters. The molecule has 0 saturated carbocycles. The predicted octanol–water partition coefficient (Wildman–Crippen LogP) is 2.84. The van der Waals surface area contributed by atoms with Crippen LogP contribution in [0.15, 0.2) is 48.5 Å². The summed E-state index contributed by atoms with van der Waals surface area (Å²) in [6, 6.07) is 14.0. The van der Waals surface area contributed by atoms with Crippen LogP contribution in [0.4, 0.5) is 4.39 Å². The van der Waals surface area contributed by atoms with E-state index in [4.69, 9.17) is 0 Å². The number of aryl methyl sites for hydroxylation is 1. The van der Waals surface area contributed by atoms with Crippen LogP contribution < -0.4 is 0 Å². The highest BCUT2D eigenvalue weighted by molar-refractivity contribution is 5.75. The highest BCUT2D eigenvalue weighted by atomic mass is 19.1. The molecule has 1 heterocycles. The van der Waals surface area contributed by atoms with Gasteiger partial charge in [0.2, 0.25) is 11.7 Å². The third-order valence-corrected chi connectivity index (χ3v) is 4.11. The Bertz CT molecular complexity index is 908. The van der Waals surface area contributed by atoms with Crippen LogP contribution in [0.1, 0.15) is 18.1 Å². The van der Waals surface area contributed by atoms with Gasteiger partial charge in [-0.15, -0.1) is 10.2 Å². The van der Waals surface area contributed by atoms with Crippen LogP contribution >= 0.6 is 0 Å². The lowest BCUT2D eigenvalue weighted by Gasteiger charge is -2.20. The van der Waals surface area contributed by atoms with Crippen LogP contribution in [0.25, 0.3) is 11.4 Å². The number of amides is 1. The number of hydrogen-bond acceptors (Lipinski definition) is 4. The van der Waals surface area contributed by atoms with E-state index in [0.29, 0.717) is 18.9 Å². The Kier molecular flexibility index (Phi) is 5.36. The third kappa shape index (κ3) is 4.11. The first-order valence-electron chi connectivity index (χ1n) is 8.43. The topological polar surface area (TPSA) is 63.9 Å². The number of tetrazole rings is 1. The van der Waals surface area contributed by atoms with Gasteiger partial charge in [-0.1, -0.05) is 36.4 Å². The third-order valence-electron chi connectivity index (χ3n) is 4.11. The first-order chi connectivity index (χ1) is 12.6. The van der Waals surface area contributed by atoms with E-state index in [1.54, 1.807) is 17.0 Å². The van der Waals surface area contributed by atoms with E-state index in [-0.39, 0.29) is 18.3 Å². The molecule has 3 rings (SSSR count). The molecule has 0 saturated heterocycles. The van der Waals surface area contributed by atoms with Crippen LogP contribution in [-0.4, -0.2) is 37.6 Å². The van der Waals surface area contributed by atoms with E-state index in [1.165, 1.54) is 16.9 Å². The van der Waals surface area contributed by atoms with Crippen molar-refractivity contribution in [1.82, 2.24) is 25.1 Å². The van der Waals surface area contributed by atoms with Gasteiger partial charge in [0.15, 0.2) is 0 Å². The van der Waals surface area contributed by atoms with Gasteiger partial charge in [-0.2, -0.15) is 4.80 Å². The average Bonchev–Trinajstić information content (AvgIpc) is 3.08. The second-order valence-electron chi connectivity index (χ2n) is 6.00. The molecule has 0 aliphatic rings. The van der Waals surface area contributed by atoms with E-state index in [1.807, 2.05) is 38.1 Å². The van der Waals surface area contributed by atoms with Gasteiger partial charge in [0.25, 0.3) is 0 Å². The molecule has 3 aromatic rings. The fraction of sp³-hybridized carbons (Fsp3) is 0.263. The molecule has 0 atom stereocenters. The van der Waals surface area contributed by atoms with Crippen molar-refractivity contribution in [1.29, 1.82) is 0 Å². The monoisotopic (exact) mass is 353 g/mol. The van der Waals surface area contributed by atoms with Gasteiger partial charge >= 0.3 is 0 Å². The average molecular weight is 353 g/mol. The number of carbonyl (C=O) groups excluding carboxylic acids is 1. The van der Waals surface area contributed by atoms with E-state index < -0.39 is 0 Å². The van der Waals surface area contributed by atoms with Gasteiger partial charge in [0.05, 0.1) is 0 Å². The normalized spacial score (nSPS) is 10.7. The summed E-state index contributed by atoms with van der Waals surface area (Å²) in [5, 5.41) is 12.3. The van der Waals surface area contributed by atoms with Crippen molar-refractivity contribution in [2.24, 2.45) is 0 Å². The zero-order valence-electron chi connectivity index (χ0n) is 14.8. The summed E-state index contributed by atoms with van der Waals surface area (Å²) in [7, 11) is 0. The van der Waals surface area contributed by atoms with E-state index >= 15 is 0 Å². The van der Waals surface area contributed by atoms with Crippen molar-refractivity contribution in [3.63, 3.8) is 0 Å². The van der Waals surface area contributed by atoms with Crippen molar-refractivity contribution in [3.05, 3.63) is 65.5 Å². The van der Waals surface area contributed by atoms with Gasteiger partial charge in [0.1, 0.15) is 12.4 Å². The van der Waals surface area contributed by atoms with Crippen LogP contribution in [0.5, 0.6) is 0 Å². The molecule has 1 amide bonds. The molecule has 7 heteroatoms. The quantitative estimate of drug-likeness (QED) is 0.684. The summed E-state index contributed by atoms with van der Waals surface area (Å²) in [6.45, 7) is 4.69. The Morgan fingerprint density at radius 2 is 2.00 bits per heavy atom. The standard InChI is InChI=1S/C19H20FN5O/c1-3-24(12-15-8-6-9-16(20)11-15)18(26)13-25-22-19(21-23-25)17-10-5-4-7-14(17)2/h4-11H,3,12-13H2,1-2H3. The van der Waals surface area contributed by atoms with Crippen LogP contribution in [-0.2, 0) is 17.9 Å². The maximum atomic E-state index is 13.3. The highest BCUT2D eigenvalue weighted by Crippen LogP contribution is 2.17. The minimum absolute atomic E-state index is 0.0119. The summed E-state index contributed by atoms with van der Waals surface area (Å²) < 4.78 is 13.3.